The molecule has 4 amide bonds. The van der Waals surface area contributed by atoms with Crippen LogP contribution in [-0.2, 0) is 44.2 Å². The first-order chi connectivity index (χ1) is 28.1. The Morgan fingerprint density at radius 2 is 1.47 bits per heavy atom. The minimum atomic E-state index is -2.01. The van der Waals surface area contributed by atoms with E-state index in [1.54, 1.807) is 54.3 Å². The zero-order chi connectivity index (χ0) is 40.4. The molecule has 0 aliphatic carbocycles. The maximum atomic E-state index is 14.4. The van der Waals surface area contributed by atoms with E-state index >= 15 is 0 Å². The van der Waals surface area contributed by atoms with Crippen LogP contribution in [0.4, 0.5) is 17.1 Å². The number of anilines is 3. The first-order valence-corrected chi connectivity index (χ1v) is 19.7. The lowest BCUT2D eigenvalue weighted by Gasteiger charge is -2.28. The number of nitrogens with one attached hydrogen (secondary N) is 4. The first kappa shape index (κ1) is 38.4. The van der Waals surface area contributed by atoms with E-state index in [4.69, 9.17) is 0 Å². The molecule has 8 rings (SSSR count). The number of nitrogens with zero attached hydrogens (tertiary/aromatic N) is 2. The molecule has 4 aromatic carbocycles. The third-order valence-corrected chi connectivity index (χ3v) is 11.5. The minimum Gasteiger partial charge on any atom is -0.394 e. The molecule has 2 aliphatic rings. The number of aromatic nitrogens is 2. The Labute approximate surface area is 335 Å². The molecule has 6 aromatic rings. The Morgan fingerprint density at radius 3 is 2.10 bits per heavy atom. The molecule has 0 unspecified atom stereocenters. The van der Waals surface area contributed by atoms with Crippen LogP contribution in [0.1, 0.15) is 48.4 Å². The molecule has 0 spiro atoms. The van der Waals surface area contributed by atoms with Crippen LogP contribution in [-0.4, -0.2) is 67.9 Å². The summed E-state index contributed by atoms with van der Waals surface area (Å²) in [7, 11) is 0. The molecule has 12 nitrogen and oxygen atoms in total. The van der Waals surface area contributed by atoms with E-state index in [-0.39, 0.29) is 56.2 Å². The van der Waals surface area contributed by atoms with E-state index in [0.717, 1.165) is 51.3 Å². The number of fused-ring (bicyclic) bond motifs is 3. The van der Waals surface area contributed by atoms with Gasteiger partial charge in [-0.2, -0.15) is 0 Å². The summed E-state index contributed by atoms with van der Waals surface area (Å²) in [4.78, 5) is 63.3. The molecular weight excluding hydrogens is 733 g/mol. The zero-order valence-electron chi connectivity index (χ0n) is 32.2. The van der Waals surface area contributed by atoms with Crippen molar-refractivity contribution in [2.45, 2.75) is 57.2 Å². The highest BCUT2D eigenvalue weighted by Crippen LogP contribution is 2.47. The Bertz CT molecular complexity index is 2540. The van der Waals surface area contributed by atoms with Crippen LogP contribution < -0.4 is 15.5 Å². The second kappa shape index (κ2) is 16.2. The monoisotopic (exact) mass is 778 g/mol. The SMILES string of the molecule is C[C@H](/C=C/CC(=O)N1CCC[C@H]1CO)[C@@]1(O)C(=O)N(Cc2ccc(NC(=O)Cc3c[nH]c4ccccc34)cc2)c2ccc(NC(=O)Cc3c[nH]c4ccccc34)cc21. The molecule has 0 radical (unpaired) electrons. The number of aliphatic hydroxyl groups is 2. The normalized spacial score (nSPS) is 18.3. The summed E-state index contributed by atoms with van der Waals surface area (Å²) in [6.45, 7) is 2.37. The quantitative estimate of drug-likeness (QED) is 0.0751. The van der Waals surface area contributed by atoms with Crippen molar-refractivity contribution < 1.29 is 29.4 Å². The number of aromatic amines is 2. The molecule has 6 N–H and O–H groups in total. The van der Waals surface area contributed by atoms with E-state index in [0.29, 0.717) is 29.2 Å². The summed E-state index contributed by atoms with van der Waals surface area (Å²) in [5, 5.41) is 30.0. The Morgan fingerprint density at radius 1 is 0.862 bits per heavy atom. The molecule has 0 bridgehead atoms. The number of carbonyl (C=O) groups excluding carboxylic acids is 4. The van der Waals surface area contributed by atoms with Crippen molar-refractivity contribution in [2.75, 3.05) is 28.7 Å². The number of aliphatic hydroxyl groups excluding tert-OH is 1. The second-order valence-corrected chi connectivity index (χ2v) is 15.2. The number of H-pyrrole nitrogens is 2. The maximum Gasteiger partial charge on any atom is 0.264 e. The molecule has 2 aliphatic heterocycles. The number of amides is 4. The average Bonchev–Trinajstić information content (AvgIpc) is 4.02. The number of rotatable bonds is 13. The van der Waals surface area contributed by atoms with Gasteiger partial charge >= 0.3 is 0 Å². The van der Waals surface area contributed by atoms with Crippen LogP contribution in [0, 0.1) is 5.92 Å². The molecule has 12 heteroatoms. The Kier molecular flexibility index (Phi) is 10.7. The van der Waals surface area contributed by atoms with Gasteiger partial charge in [0.25, 0.3) is 5.91 Å². The van der Waals surface area contributed by atoms with E-state index in [1.807, 2.05) is 73.1 Å². The lowest BCUT2D eigenvalue weighted by Crippen LogP contribution is -2.44. The van der Waals surface area contributed by atoms with Gasteiger partial charge in [0.2, 0.25) is 17.7 Å². The Balaban J connectivity index is 1.00. The topological polar surface area (TPSA) is 171 Å². The van der Waals surface area contributed by atoms with Crippen molar-refractivity contribution in [3.8, 4) is 0 Å². The van der Waals surface area contributed by atoms with Gasteiger partial charge in [-0.25, -0.2) is 0 Å². The zero-order valence-corrected chi connectivity index (χ0v) is 32.2. The van der Waals surface area contributed by atoms with E-state index in [1.165, 1.54) is 4.90 Å². The van der Waals surface area contributed by atoms with Gasteiger partial charge in [0.15, 0.2) is 5.60 Å². The fourth-order valence-electron chi connectivity index (χ4n) is 8.35. The van der Waals surface area contributed by atoms with Crippen molar-refractivity contribution in [1.82, 2.24) is 14.9 Å². The molecule has 2 aromatic heterocycles. The standard InChI is InChI=1S/C46H46N6O6/c1-29(8-6-14-44(56)51-21-7-9-35(51)28-53)46(58)38-24-34(50-43(55)23-32-26-48-40-13-5-3-11-37(32)40)19-20-41(38)52(45(46)57)27-30-15-17-33(18-16-30)49-42(54)22-31-25-47-39-12-4-2-10-36(31)39/h2-6,8,10-13,15-20,24-26,29,35,47-48,53,58H,7,9,14,21-23,27-28H2,1H3,(H,49,54)(H,50,55)/b8-6+/t29-,35+,46+/m1/s1. The van der Waals surface area contributed by atoms with Crippen molar-refractivity contribution in [1.29, 1.82) is 0 Å². The summed E-state index contributed by atoms with van der Waals surface area (Å²) in [6, 6.07) is 27.7. The summed E-state index contributed by atoms with van der Waals surface area (Å²) < 4.78 is 0. The maximum absolute atomic E-state index is 14.4. The van der Waals surface area contributed by atoms with Crippen molar-refractivity contribution in [2.24, 2.45) is 5.92 Å². The van der Waals surface area contributed by atoms with Gasteiger partial charge < -0.3 is 40.6 Å². The predicted molar refractivity (Wildman–Crippen MR) is 224 cm³/mol. The van der Waals surface area contributed by atoms with Crippen LogP contribution in [0.25, 0.3) is 21.8 Å². The fourth-order valence-corrected chi connectivity index (χ4v) is 8.35. The molecule has 1 saturated heterocycles. The third-order valence-electron chi connectivity index (χ3n) is 11.5. The lowest BCUT2D eigenvalue weighted by atomic mass is 9.82. The van der Waals surface area contributed by atoms with Crippen molar-refractivity contribution >= 4 is 62.5 Å². The largest absolute Gasteiger partial charge is 0.394 e. The van der Waals surface area contributed by atoms with Gasteiger partial charge in [-0.15, -0.1) is 0 Å². The van der Waals surface area contributed by atoms with Gasteiger partial charge in [0.1, 0.15) is 0 Å². The first-order valence-electron chi connectivity index (χ1n) is 19.7. The number of hydrogen-bond acceptors (Lipinski definition) is 6. The number of para-hydroxylation sites is 2. The predicted octanol–water partition coefficient (Wildman–Crippen LogP) is 6.31. The number of carbonyl (C=O) groups is 4. The molecule has 1 fully saturated rings. The van der Waals surface area contributed by atoms with Gasteiger partial charge in [0.05, 0.1) is 37.7 Å². The minimum absolute atomic E-state index is 0.0658. The summed E-state index contributed by atoms with van der Waals surface area (Å²) in [5.41, 5.74) is 4.29. The van der Waals surface area contributed by atoms with Gasteiger partial charge in [0, 0.05) is 70.0 Å². The summed E-state index contributed by atoms with van der Waals surface area (Å²) in [6.07, 6.45) is 9.01. The highest BCUT2D eigenvalue weighted by atomic mass is 16.3. The smallest absolute Gasteiger partial charge is 0.264 e. The van der Waals surface area contributed by atoms with Crippen molar-refractivity contribution in [3.63, 3.8) is 0 Å². The van der Waals surface area contributed by atoms with Crippen LogP contribution in [0.3, 0.4) is 0 Å². The highest BCUT2D eigenvalue weighted by molar-refractivity contribution is 6.08. The van der Waals surface area contributed by atoms with E-state index in [9.17, 15) is 29.4 Å². The van der Waals surface area contributed by atoms with Crippen molar-refractivity contribution in [3.05, 3.63) is 138 Å². The molecule has 0 saturated carbocycles. The summed E-state index contributed by atoms with van der Waals surface area (Å²) >= 11 is 0. The number of likely N-dealkylation sites (tertiary alicyclic amines) is 1. The second-order valence-electron chi connectivity index (χ2n) is 15.2. The highest BCUT2D eigenvalue weighted by Gasteiger charge is 2.52. The molecule has 4 heterocycles. The van der Waals surface area contributed by atoms with Crippen LogP contribution in [0.15, 0.2) is 116 Å². The average molecular weight is 779 g/mol. The molecular formula is C46H46N6O6. The fraction of sp³-hybridized carbons (Fsp3) is 0.261. The number of hydrogen-bond donors (Lipinski definition) is 6. The lowest BCUT2D eigenvalue weighted by molar-refractivity contribution is -0.139. The van der Waals surface area contributed by atoms with E-state index < -0.39 is 17.4 Å². The van der Waals surface area contributed by atoms with Crippen LogP contribution >= 0.6 is 0 Å². The molecule has 3 atom stereocenters. The summed E-state index contributed by atoms with van der Waals surface area (Å²) in [5.74, 6) is -1.82. The van der Waals surface area contributed by atoms with Gasteiger partial charge in [-0.05, 0) is 72.0 Å². The molecule has 58 heavy (non-hydrogen) atoms. The Hall–Kier alpha value is -6.50. The van der Waals surface area contributed by atoms with E-state index in [2.05, 4.69) is 20.6 Å². The van der Waals surface area contributed by atoms with Crippen LogP contribution in [0.5, 0.6) is 0 Å². The third kappa shape index (κ3) is 7.51. The van der Waals surface area contributed by atoms with Gasteiger partial charge in [-0.1, -0.05) is 67.6 Å². The van der Waals surface area contributed by atoms with Gasteiger partial charge in [-0.3, -0.25) is 19.2 Å². The number of benzene rings is 4. The molecule has 296 valence electrons. The van der Waals surface area contributed by atoms with Crippen LogP contribution in [0.2, 0.25) is 0 Å².